The molecule has 0 fully saturated rings. The molecule has 0 aliphatic carbocycles. The Kier molecular flexibility index (Phi) is 5.05. The second kappa shape index (κ2) is 6.53. The Hall–Kier alpha value is -2.37. The molecule has 0 spiro atoms. The Morgan fingerprint density at radius 3 is 2.32 bits per heavy atom. The summed E-state index contributed by atoms with van der Waals surface area (Å²) in [5.74, 6) is -2.04. The summed E-state index contributed by atoms with van der Waals surface area (Å²) >= 11 is 0. The molecule has 0 bridgehead atoms. The first-order chi connectivity index (χ1) is 8.90. The second-order valence-electron chi connectivity index (χ2n) is 4.15. The number of carbonyl (C=O) groups excluding carboxylic acids is 2. The van der Waals surface area contributed by atoms with E-state index in [1.54, 1.807) is 12.1 Å². The predicted octanol–water partition coefficient (Wildman–Crippen LogP) is 0.234. The molecule has 1 rings (SSSR count). The number of hydrogen-bond donors (Lipinski definition) is 3. The molecule has 6 nitrogen and oxygen atoms in total. The summed E-state index contributed by atoms with van der Waals surface area (Å²) in [6.45, 7) is 3.12. The zero-order valence-electron chi connectivity index (χ0n) is 10.8. The van der Waals surface area contributed by atoms with Crippen LogP contribution in [-0.2, 0) is 9.59 Å². The summed E-state index contributed by atoms with van der Waals surface area (Å²) in [6, 6.07) is 5.24. The highest BCUT2D eigenvalue weighted by molar-refractivity contribution is 5.96. The summed E-state index contributed by atoms with van der Waals surface area (Å²) in [5, 5.41) is 13.0. The van der Waals surface area contributed by atoms with E-state index in [1.165, 1.54) is 0 Å². The lowest BCUT2D eigenvalue weighted by Gasteiger charge is -2.07. The predicted molar refractivity (Wildman–Crippen MR) is 68.9 cm³/mol. The van der Waals surface area contributed by atoms with Crippen molar-refractivity contribution in [1.82, 2.24) is 10.6 Å². The smallest absolute Gasteiger partial charge is 0.322 e. The number of benzene rings is 1. The van der Waals surface area contributed by atoms with Crippen molar-refractivity contribution in [3.05, 3.63) is 34.9 Å². The zero-order chi connectivity index (χ0) is 14.4. The molecular weight excluding hydrogens is 248 g/mol. The van der Waals surface area contributed by atoms with E-state index in [0.29, 0.717) is 5.56 Å². The van der Waals surface area contributed by atoms with Crippen LogP contribution in [-0.4, -0.2) is 36.0 Å². The van der Waals surface area contributed by atoms with Crippen molar-refractivity contribution in [2.45, 2.75) is 13.8 Å². The monoisotopic (exact) mass is 264 g/mol. The number of aliphatic carboxylic acids is 1. The maximum absolute atomic E-state index is 11.7. The topological polar surface area (TPSA) is 95.5 Å². The van der Waals surface area contributed by atoms with Gasteiger partial charge in [0.2, 0.25) is 5.91 Å². The maximum atomic E-state index is 11.7. The van der Waals surface area contributed by atoms with E-state index in [9.17, 15) is 14.4 Å². The molecule has 0 radical (unpaired) electrons. The van der Waals surface area contributed by atoms with E-state index in [2.05, 4.69) is 10.6 Å². The number of carboxylic acids is 1. The summed E-state index contributed by atoms with van der Waals surface area (Å²) in [5.41, 5.74) is 2.54. The van der Waals surface area contributed by atoms with E-state index >= 15 is 0 Å². The fraction of sp³-hybridized carbons (Fsp3) is 0.308. The van der Waals surface area contributed by atoms with Gasteiger partial charge in [-0.3, -0.25) is 14.4 Å². The molecule has 0 atom stereocenters. The number of nitrogens with one attached hydrogen (secondary N) is 2. The van der Waals surface area contributed by atoms with Crippen molar-refractivity contribution in [2.75, 3.05) is 13.1 Å². The highest BCUT2D eigenvalue weighted by Gasteiger charge is 2.09. The average molecular weight is 264 g/mol. The molecule has 2 amide bonds. The summed E-state index contributed by atoms with van der Waals surface area (Å²) < 4.78 is 0. The van der Waals surface area contributed by atoms with Gasteiger partial charge < -0.3 is 15.7 Å². The van der Waals surface area contributed by atoms with Gasteiger partial charge in [-0.1, -0.05) is 6.07 Å². The molecule has 6 heteroatoms. The van der Waals surface area contributed by atoms with Crippen molar-refractivity contribution < 1.29 is 19.5 Å². The largest absolute Gasteiger partial charge is 0.480 e. The summed E-state index contributed by atoms with van der Waals surface area (Å²) in [4.78, 5) is 33.2. The summed E-state index contributed by atoms with van der Waals surface area (Å²) in [6.07, 6.45) is 0. The third-order valence-electron chi connectivity index (χ3n) is 2.62. The van der Waals surface area contributed by atoms with Crippen LogP contribution in [0.3, 0.4) is 0 Å². The molecule has 102 valence electrons. The highest BCUT2D eigenvalue weighted by atomic mass is 16.4. The lowest BCUT2D eigenvalue weighted by atomic mass is 10.1. The Morgan fingerprint density at radius 1 is 1.05 bits per heavy atom. The van der Waals surface area contributed by atoms with Crippen LogP contribution in [0.2, 0.25) is 0 Å². The summed E-state index contributed by atoms with van der Waals surface area (Å²) in [7, 11) is 0. The quantitative estimate of drug-likeness (QED) is 0.709. The van der Waals surface area contributed by atoms with Crippen molar-refractivity contribution in [3.63, 3.8) is 0 Å². The third-order valence-corrected chi connectivity index (χ3v) is 2.62. The first-order valence-electron chi connectivity index (χ1n) is 5.74. The Balaban J connectivity index is 2.49. The maximum Gasteiger partial charge on any atom is 0.322 e. The Labute approximate surface area is 110 Å². The van der Waals surface area contributed by atoms with Crippen LogP contribution in [0.15, 0.2) is 18.2 Å². The normalized spacial score (nSPS) is 9.79. The van der Waals surface area contributed by atoms with Crippen LogP contribution in [0, 0.1) is 13.8 Å². The van der Waals surface area contributed by atoms with Gasteiger partial charge in [0.15, 0.2) is 0 Å². The lowest BCUT2D eigenvalue weighted by Crippen LogP contribution is -2.39. The fourth-order valence-corrected chi connectivity index (χ4v) is 1.38. The fourth-order valence-electron chi connectivity index (χ4n) is 1.38. The van der Waals surface area contributed by atoms with Gasteiger partial charge in [-0.25, -0.2) is 0 Å². The Bertz CT molecular complexity index is 511. The molecule has 1 aromatic carbocycles. The zero-order valence-corrected chi connectivity index (χ0v) is 10.8. The second-order valence-corrected chi connectivity index (χ2v) is 4.15. The van der Waals surface area contributed by atoms with Gasteiger partial charge in [0.05, 0.1) is 6.54 Å². The number of rotatable bonds is 5. The van der Waals surface area contributed by atoms with Gasteiger partial charge in [0, 0.05) is 5.56 Å². The van der Waals surface area contributed by atoms with Gasteiger partial charge in [0.1, 0.15) is 6.54 Å². The van der Waals surface area contributed by atoms with E-state index in [1.807, 2.05) is 19.9 Å². The van der Waals surface area contributed by atoms with E-state index in [-0.39, 0.29) is 12.5 Å². The van der Waals surface area contributed by atoms with Gasteiger partial charge in [-0.2, -0.15) is 0 Å². The van der Waals surface area contributed by atoms with E-state index in [4.69, 9.17) is 5.11 Å². The van der Waals surface area contributed by atoms with Crippen LogP contribution in [0.1, 0.15) is 21.5 Å². The van der Waals surface area contributed by atoms with Gasteiger partial charge >= 0.3 is 5.97 Å². The first kappa shape index (κ1) is 14.7. The number of aryl methyl sites for hydroxylation is 2. The van der Waals surface area contributed by atoms with Crippen LogP contribution < -0.4 is 10.6 Å². The number of amides is 2. The van der Waals surface area contributed by atoms with Crippen LogP contribution in [0.5, 0.6) is 0 Å². The van der Waals surface area contributed by atoms with Crippen molar-refractivity contribution >= 4 is 17.8 Å². The minimum atomic E-state index is -1.13. The Morgan fingerprint density at radius 2 is 1.74 bits per heavy atom. The molecule has 1 aromatic rings. The standard InChI is InChI=1S/C13H16N2O4/c1-8-3-4-10(5-9(8)2)13(19)15-6-11(16)14-7-12(17)18/h3-5H,6-7H2,1-2H3,(H,14,16)(H,15,19)(H,17,18). The molecule has 0 aromatic heterocycles. The number of carbonyl (C=O) groups is 3. The third kappa shape index (κ3) is 4.79. The van der Waals surface area contributed by atoms with Crippen LogP contribution in [0.4, 0.5) is 0 Å². The van der Waals surface area contributed by atoms with Crippen LogP contribution in [0.25, 0.3) is 0 Å². The number of carboxylic acid groups (broad SMARTS) is 1. The first-order valence-corrected chi connectivity index (χ1v) is 5.74. The van der Waals surface area contributed by atoms with Gasteiger partial charge in [-0.05, 0) is 37.1 Å². The van der Waals surface area contributed by atoms with Gasteiger partial charge in [-0.15, -0.1) is 0 Å². The van der Waals surface area contributed by atoms with E-state index < -0.39 is 18.4 Å². The highest BCUT2D eigenvalue weighted by Crippen LogP contribution is 2.09. The van der Waals surface area contributed by atoms with Crippen molar-refractivity contribution in [2.24, 2.45) is 0 Å². The molecule has 3 N–H and O–H groups in total. The molecule has 0 heterocycles. The lowest BCUT2D eigenvalue weighted by molar-refractivity contribution is -0.137. The SMILES string of the molecule is Cc1ccc(C(=O)NCC(=O)NCC(=O)O)cc1C. The number of hydrogen-bond acceptors (Lipinski definition) is 3. The molecule has 0 saturated heterocycles. The van der Waals surface area contributed by atoms with Crippen molar-refractivity contribution in [3.8, 4) is 0 Å². The van der Waals surface area contributed by atoms with Crippen LogP contribution >= 0.6 is 0 Å². The molecule has 0 aliphatic heterocycles. The average Bonchev–Trinajstić information content (AvgIpc) is 2.36. The van der Waals surface area contributed by atoms with Gasteiger partial charge in [0.25, 0.3) is 5.91 Å². The minimum Gasteiger partial charge on any atom is -0.480 e. The molecule has 0 unspecified atom stereocenters. The minimum absolute atomic E-state index is 0.251. The molecule has 0 saturated carbocycles. The van der Waals surface area contributed by atoms with Crippen molar-refractivity contribution in [1.29, 1.82) is 0 Å². The molecular formula is C13H16N2O4. The van der Waals surface area contributed by atoms with E-state index in [0.717, 1.165) is 11.1 Å². The molecule has 0 aliphatic rings. The molecule has 19 heavy (non-hydrogen) atoms.